The quantitative estimate of drug-likeness (QED) is 0.462. The van der Waals surface area contributed by atoms with E-state index < -0.39 is 10.0 Å². The van der Waals surface area contributed by atoms with E-state index in [0.29, 0.717) is 38.2 Å². The highest BCUT2D eigenvalue weighted by Gasteiger charge is 2.21. The zero-order valence-corrected chi connectivity index (χ0v) is 20.1. The number of carbonyl (C=O) groups is 2. The Balaban J connectivity index is 1.78. The van der Waals surface area contributed by atoms with Gasteiger partial charge in [-0.3, -0.25) is 13.9 Å². The molecule has 0 saturated heterocycles. The molecule has 0 bridgehead atoms. The summed E-state index contributed by atoms with van der Waals surface area (Å²) in [7, 11) is -3.66. The Bertz CT molecular complexity index is 1260. The zero-order chi connectivity index (χ0) is 24.2. The number of nitrogens with one attached hydrogen (secondary N) is 2. The summed E-state index contributed by atoms with van der Waals surface area (Å²) in [6.45, 7) is 1.36. The molecule has 3 rings (SSSR count). The molecule has 0 aliphatic heterocycles. The van der Waals surface area contributed by atoms with Crippen LogP contribution in [0.15, 0.2) is 66.7 Å². The lowest BCUT2D eigenvalue weighted by Crippen LogP contribution is -2.29. The van der Waals surface area contributed by atoms with Crippen LogP contribution in [0.4, 0.5) is 17.1 Å². The molecule has 0 radical (unpaired) electrons. The molecule has 0 aliphatic carbocycles. The molecule has 0 heterocycles. The summed E-state index contributed by atoms with van der Waals surface area (Å²) >= 11 is 12.4. The number of carbonyl (C=O) groups excluding carboxylic acids is 2. The van der Waals surface area contributed by atoms with Crippen molar-refractivity contribution in [3.8, 4) is 0 Å². The van der Waals surface area contributed by atoms with E-state index in [1.54, 1.807) is 54.6 Å². The van der Waals surface area contributed by atoms with Crippen LogP contribution in [0.5, 0.6) is 0 Å². The van der Waals surface area contributed by atoms with E-state index in [1.807, 2.05) is 0 Å². The summed E-state index contributed by atoms with van der Waals surface area (Å²) in [5, 5.41) is 6.12. The van der Waals surface area contributed by atoms with Gasteiger partial charge >= 0.3 is 0 Å². The molecule has 2 amide bonds. The minimum atomic E-state index is -3.66. The van der Waals surface area contributed by atoms with Crippen molar-refractivity contribution in [2.45, 2.75) is 13.5 Å². The van der Waals surface area contributed by atoms with E-state index in [0.717, 1.165) is 6.26 Å². The van der Waals surface area contributed by atoms with Crippen molar-refractivity contribution in [1.29, 1.82) is 0 Å². The maximum absolute atomic E-state index is 12.6. The van der Waals surface area contributed by atoms with Crippen LogP contribution in [0.1, 0.15) is 22.8 Å². The van der Waals surface area contributed by atoms with Crippen LogP contribution in [-0.4, -0.2) is 26.5 Å². The van der Waals surface area contributed by atoms with Gasteiger partial charge in [0, 0.05) is 39.5 Å². The molecule has 0 fully saturated rings. The highest BCUT2D eigenvalue weighted by Crippen LogP contribution is 2.29. The van der Waals surface area contributed by atoms with Gasteiger partial charge in [0.15, 0.2) is 0 Å². The third-order valence-corrected chi connectivity index (χ3v) is 6.49. The van der Waals surface area contributed by atoms with Crippen LogP contribution < -0.4 is 14.9 Å². The van der Waals surface area contributed by atoms with Crippen LogP contribution in [0, 0.1) is 0 Å². The second-order valence-corrected chi connectivity index (χ2v) is 9.95. The number of amides is 2. The average Bonchev–Trinajstić information content (AvgIpc) is 2.74. The Morgan fingerprint density at radius 3 is 1.85 bits per heavy atom. The van der Waals surface area contributed by atoms with E-state index in [2.05, 4.69) is 10.6 Å². The lowest BCUT2D eigenvalue weighted by molar-refractivity contribution is -0.114. The van der Waals surface area contributed by atoms with Gasteiger partial charge in [-0.15, -0.1) is 0 Å². The fourth-order valence-corrected chi connectivity index (χ4v) is 4.43. The van der Waals surface area contributed by atoms with Gasteiger partial charge < -0.3 is 10.6 Å². The summed E-state index contributed by atoms with van der Waals surface area (Å²) in [6.07, 6.45) is 1.09. The maximum Gasteiger partial charge on any atom is 0.255 e. The molecule has 3 aromatic carbocycles. The maximum atomic E-state index is 12.6. The molecule has 0 aliphatic rings. The highest BCUT2D eigenvalue weighted by atomic mass is 35.5. The number of nitrogens with zero attached hydrogens (tertiary/aromatic N) is 1. The Morgan fingerprint density at radius 2 is 1.36 bits per heavy atom. The molecule has 2 N–H and O–H groups in total. The van der Waals surface area contributed by atoms with E-state index in [4.69, 9.17) is 23.2 Å². The summed E-state index contributed by atoms with van der Waals surface area (Å²) in [4.78, 5) is 23.7. The van der Waals surface area contributed by atoms with Crippen molar-refractivity contribution in [3.63, 3.8) is 0 Å². The number of hydrogen-bond donors (Lipinski definition) is 2. The zero-order valence-electron chi connectivity index (χ0n) is 17.8. The second kappa shape index (κ2) is 10.2. The predicted molar refractivity (Wildman–Crippen MR) is 133 cm³/mol. The molecule has 0 unspecified atom stereocenters. The Kier molecular flexibility index (Phi) is 7.63. The van der Waals surface area contributed by atoms with Crippen molar-refractivity contribution in [3.05, 3.63) is 87.9 Å². The van der Waals surface area contributed by atoms with Crippen molar-refractivity contribution in [2.75, 3.05) is 21.2 Å². The summed E-state index contributed by atoms with van der Waals surface area (Å²) in [5.41, 5.74) is 2.35. The molecular formula is C23H21Cl2N3O4S. The number of halogens is 2. The first kappa shape index (κ1) is 24.6. The number of benzene rings is 3. The largest absolute Gasteiger partial charge is 0.326 e. The monoisotopic (exact) mass is 505 g/mol. The van der Waals surface area contributed by atoms with Gasteiger partial charge in [0.2, 0.25) is 15.9 Å². The van der Waals surface area contributed by atoms with Gasteiger partial charge in [-0.2, -0.15) is 0 Å². The number of rotatable bonds is 7. The standard InChI is InChI=1S/C23H21Cl2N3O4S/c1-15(29)26-17-8-10-18(11-9-17)27-23(30)16-6-12-19(13-7-16)28(33(2,31)32)14-20-21(24)4-3-5-22(20)25/h3-13H,14H2,1-2H3,(H,26,29)(H,27,30). The van der Waals surface area contributed by atoms with E-state index in [-0.39, 0.29) is 18.4 Å². The average molecular weight is 506 g/mol. The molecule has 33 heavy (non-hydrogen) atoms. The van der Waals surface area contributed by atoms with Gasteiger partial charge in [-0.25, -0.2) is 8.42 Å². The normalized spacial score (nSPS) is 11.0. The number of anilines is 3. The van der Waals surface area contributed by atoms with Crippen LogP contribution >= 0.6 is 23.2 Å². The van der Waals surface area contributed by atoms with Crippen LogP contribution in [-0.2, 0) is 21.4 Å². The molecule has 172 valence electrons. The predicted octanol–water partition coefficient (Wildman–Crippen LogP) is 5.17. The lowest BCUT2D eigenvalue weighted by Gasteiger charge is -2.23. The molecule has 7 nitrogen and oxygen atoms in total. The van der Waals surface area contributed by atoms with Gasteiger partial charge in [-0.1, -0.05) is 29.3 Å². The minimum Gasteiger partial charge on any atom is -0.326 e. The molecule has 0 atom stereocenters. The molecule has 0 spiro atoms. The first-order chi connectivity index (χ1) is 15.5. The van der Waals surface area contributed by atoms with Gasteiger partial charge in [0.1, 0.15) is 0 Å². The summed E-state index contributed by atoms with van der Waals surface area (Å²) < 4.78 is 26.1. The molecule has 10 heteroatoms. The van der Waals surface area contributed by atoms with Gasteiger partial charge in [0.25, 0.3) is 5.91 Å². The Hall–Kier alpha value is -3.07. The lowest BCUT2D eigenvalue weighted by atomic mass is 10.1. The van der Waals surface area contributed by atoms with E-state index in [1.165, 1.54) is 23.4 Å². The highest BCUT2D eigenvalue weighted by molar-refractivity contribution is 7.92. The number of hydrogen-bond acceptors (Lipinski definition) is 4. The third kappa shape index (κ3) is 6.47. The SMILES string of the molecule is CC(=O)Nc1ccc(NC(=O)c2ccc(N(Cc3c(Cl)cccc3Cl)S(C)(=O)=O)cc2)cc1. The summed E-state index contributed by atoms with van der Waals surface area (Å²) in [5.74, 6) is -0.555. The van der Waals surface area contributed by atoms with Crippen LogP contribution in [0.25, 0.3) is 0 Å². The fraction of sp³-hybridized carbons (Fsp3) is 0.130. The van der Waals surface area contributed by atoms with Crippen molar-refractivity contribution >= 4 is 62.1 Å². The van der Waals surface area contributed by atoms with Gasteiger partial charge in [0.05, 0.1) is 18.5 Å². The Labute approximate surface area is 202 Å². The first-order valence-electron chi connectivity index (χ1n) is 9.74. The molecule has 3 aromatic rings. The van der Waals surface area contributed by atoms with Crippen LogP contribution in [0.2, 0.25) is 10.0 Å². The second-order valence-electron chi connectivity index (χ2n) is 7.23. The van der Waals surface area contributed by atoms with Crippen LogP contribution in [0.3, 0.4) is 0 Å². The molecule has 0 aromatic heterocycles. The fourth-order valence-electron chi connectivity index (χ4n) is 3.05. The van der Waals surface area contributed by atoms with E-state index in [9.17, 15) is 18.0 Å². The van der Waals surface area contributed by atoms with Crippen molar-refractivity contribution in [1.82, 2.24) is 0 Å². The van der Waals surface area contributed by atoms with E-state index >= 15 is 0 Å². The third-order valence-electron chi connectivity index (χ3n) is 4.64. The Morgan fingerprint density at radius 1 is 0.848 bits per heavy atom. The van der Waals surface area contributed by atoms with Crippen molar-refractivity contribution in [2.24, 2.45) is 0 Å². The molecular weight excluding hydrogens is 485 g/mol. The van der Waals surface area contributed by atoms with Gasteiger partial charge in [-0.05, 0) is 60.7 Å². The molecule has 0 saturated carbocycles. The first-order valence-corrected chi connectivity index (χ1v) is 12.3. The van der Waals surface area contributed by atoms with Crippen molar-refractivity contribution < 1.29 is 18.0 Å². The number of sulfonamides is 1. The minimum absolute atomic E-state index is 0.0521. The summed E-state index contributed by atoms with van der Waals surface area (Å²) in [6, 6.07) is 17.8. The smallest absolute Gasteiger partial charge is 0.255 e. The topological polar surface area (TPSA) is 95.6 Å².